The molecule has 8 atom stereocenters. The molecule has 4 saturated heterocycles. The molecule has 4 aliphatic heterocycles. The third-order valence-electron chi connectivity index (χ3n) is 7.64. The van der Waals surface area contributed by atoms with Crippen LogP contribution in [0.2, 0.25) is 0 Å². The van der Waals surface area contributed by atoms with Crippen LogP contribution in [0.3, 0.4) is 0 Å². The van der Waals surface area contributed by atoms with Crippen LogP contribution in [0.5, 0.6) is 0 Å². The molecule has 1 aromatic rings. The first-order valence-corrected chi connectivity index (χ1v) is 10.4. The van der Waals surface area contributed by atoms with E-state index in [1.54, 1.807) is 12.1 Å². The fourth-order valence-corrected chi connectivity index (χ4v) is 6.10. The number of hydrogen-bond acceptors (Lipinski definition) is 5. The molecule has 6 nitrogen and oxygen atoms in total. The molecule has 5 aliphatic rings. The van der Waals surface area contributed by atoms with Crippen LogP contribution >= 0.6 is 0 Å². The molecule has 4 heterocycles. The summed E-state index contributed by atoms with van der Waals surface area (Å²) in [6.07, 6.45) is 3.38. The Balaban J connectivity index is 1.54. The lowest BCUT2D eigenvalue weighted by atomic mass is 9.57. The van der Waals surface area contributed by atoms with Crippen molar-refractivity contribution >= 4 is 5.97 Å². The number of ether oxygens (including phenoxy) is 2. The van der Waals surface area contributed by atoms with E-state index in [0.29, 0.717) is 11.8 Å². The van der Waals surface area contributed by atoms with Crippen LogP contribution in [0.4, 0.5) is 0 Å². The van der Waals surface area contributed by atoms with Gasteiger partial charge in [0.15, 0.2) is 11.9 Å². The SMILES string of the molecule is C[C@H]1[C@@H](c2ccc(C(=O)O)cc2)O[C@@H]2O[C@]3(C)CC[C@H]4[C@H](C)CC[C@@H]1[C@@]24OO3. The van der Waals surface area contributed by atoms with E-state index in [1.165, 1.54) is 6.42 Å². The van der Waals surface area contributed by atoms with Crippen LogP contribution in [0.15, 0.2) is 24.3 Å². The van der Waals surface area contributed by atoms with Crippen molar-refractivity contribution in [1.82, 2.24) is 0 Å². The average Bonchev–Trinajstić information content (AvgIpc) is 2.91. The number of carbonyl (C=O) groups is 1. The summed E-state index contributed by atoms with van der Waals surface area (Å²) in [5, 5.41) is 9.18. The van der Waals surface area contributed by atoms with Crippen molar-refractivity contribution in [2.45, 2.75) is 70.2 Å². The van der Waals surface area contributed by atoms with Gasteiger partial charge in [-0.25, -0.2) is 14.6 Å². The van der Waals surface area contributed by atoms with Crippen LogP contribution < -0.4 is 0 Å². The smallest absolute Gasteiger partial charge is 0.335 e. The Morgan fingerprint density at radius 2 is 1.82 bits per heavy atom. The Morgan fingerprint density at radius 1 is 1.07 bits per heavy atom. The molecule has 1 saturated carbocycles. The van der Waals surface area contributed by atoms with Crippen LogP contribution in [-0.2, 0) is 19.2 Å². The predicted octanol–water partition coefficient (Wildman–Crippen LogP) is 4.31. The van der Waals surface area contributed by atoms with Gasteiger partial charge in [0.1, 0.15) is 0 Å². The summed E-state index contributed by atoms with van der Waals surface area (Å²) >= 11 is 0. The van der Waals surface area contributed by atoms with Crippen LogP contribution in [0.25, 0.3) is 0 Å². The van der Waals surface area contributed by atoms with Gasteiger partial charge in [-0.3, -0.25) is 0 Å². The summed E-state index contributed by atoms with van der Waals surface area (Å²) in [6, 6.07) is 7.01. The molecule has 1 aromatic carbocycles. The van der Waals surface area contributed by atoms with Crippen molar-refractivity contribution in [3.63, 3.8) is 0 Å². The summed E-state index contributed by atoms with van der Waals surface area (Å²) in [4.78, 5) is 23.2. The van der Waals surface area contributed by atoms with Crippen molar-refractivity contribution in [1.29, 1.82) is 0 Å². The molecule has 0 aromatic heterocycles. The summed E-state index contributed by atoms with van der Waals surface area (Å²) in [5.74, 6) is -0.353. The van der Waals surface area contributed by atoms with Gasteiger partial charge in [0.05, 0.1) is 11.7 Å². The fourth-order valence-electron chi connectivity index (χ4n) is 6.10. The molecular weight excluding hydrogens is 360 g/mol. The zero-order chi connectivity index (χ0) is 19.7. The Bertz CT molecular complexity index is 778. The second-order valence-corrected chi connectivity index (χ2v) is 9.25. The largest absolute Gasteiger partial charge is 0.478 e. The normalized spacial score (nSPS) is 47.2. The van der Waals surface area contributed by atoms with Crippen molar-refractivity contribution in [2.24, 2.45) is 23.7 Å². The molecular formula is C22H28O6. The second kappa shape index (κ2) is 6.26. The lowest BCUT2D eigenvalue weighted by Gasteiger charge is -2.60. The lowest BCUT2D eigenvalue weighted by molar-refractivity contribution is -0.571. The summed E-state index contributed by atoms with van der Waals surface area (Å²) < 4.78 is 12.9. The molecule has 6 rings (SSSR count). The van der Waals surface area contributed by atoms with Crippen molar-refractivity contribution in [2.75, 3.05) is 0 Å². The number of hydrogen-bond donors (Lipinski definition) is 1. The number of aromatic carboxylic acids is 1. The molecule has 1 spiro atoms. The topological polar surface area (TPSA) is 74.2 Å². The van der Waals surface area contributed by atoms with E-state index in [-0.39, 0.29) is 23.5 Å². The number of rotatable bonds is 2. The molecule has 5 fully saturated rings. The van der Waals surface area contributed by atoms with Gasteiger partial charge in [-0.2, -0.15) is 0 Å². The van der Waals surface area contributed by atoms with E-state index in [0.717, 1.165) is 24.8 Å². The van der Waals surface area contributed by atoms with Crippen molar-refractivity contribution < 1.29 is 29.1 Å². The first-order chi connectivity index (χ1) is 13.3. The van der Waals surface area contributed by atoms with Gasteiger partial charge < -0.3 is 14.6 Å². The minimum absolute atomic E-state index is 0.163. The molecule has 1 aliphatic carbocycles. The minimum atomic E-state index is -0.921. The van der Waals surface area contributed by atoms with Crippen LogP contribution in [0, 0.1) is 23.7 Å². The predicted molar refractivity (Wildman–Crippen MR) is 99.2 cm³/mol. The van der Waals surface area contributed by atoms with Crippen LogP contribution in [0.1, 0.15) is 68.5 Å². The fraction of sp³-hybridized carbons (Fsp3) is 0.682. The quantitative estimate of drug-likeness (QED) is 0.761. The van der Waals surface area contributed by atoms with E-state index in [4.69, 9.17) is 19.2 Å². The highest BCUT2D eigenvalue weighted by molar-refractivity contribution is 5.87. The van der Waals surface area contributed by atoms with E-state index < -0.39 is 23.6 Å². The van der Waals surface area contributed by atoms with E-state index in [2.05, 4.69) is 13.8 Å². The summed E-state index contributed by atoms with van der Waals surface area (Å²) in [6.45, 7) is 6.44. The van der Waals surface area contributed by atoms with Crippen LogP contribution in [-0.4, -0.2) is 28.8 Å². The van der Waals surface area contributed by atoms with Gasteiger partial charge in [0.2, 0.25) is 5.79 Å². The Morgan fingerprint density at radius 3 is 2.54 bits per heavy atom. The van der Waals surface area contributed by atoms with Crippen molar-refractivity contribution in [3.8, 4) is 0 Å². The zero-order valence-corrected chi connectivity index (χ0v) is 16.6. The number of carboxylic acids is 1. The molecule has 152 valence electrons. The number of carboxylic acid groups (broad SMARTS) is 1. The van der Waals surface area contributed by atoms with E-state index in [9.17, 15) is 9.90 Å². The summed E-state index contributed by atoms with van der Waals surface area (Å²) in [5.41, 5.74) is 0.700. The minimum Gasteiger partial charge on any atom is -0.478 e. The summed E-state index contributed by atoms with van der Waals surface area (Å²) in [7, 11) is 0. The van der Waals surface area contributed by atoms with Gasteiger partial charge in [-0.05, 0) is 61.6 Å². The molecule has 0 unspecified atom stereocenters. The first kappa shape index (κ1) is 18.6. The molecule has 28 heavy (non-hydrogen) atoms. The van der Waals surface area contributed by atoms with Gasteiger partial charge >= 0.3 is 5.97 Å². The molecule has 0 radical (unpaired) electrons. The molecule has 0 amide bonds. The first-order valence-electron chi connectivity index (χ1n) is 10.4. The maximum atomic E-state index is 11.2. The second-order valence-electron chi connectivity index (χ2n) is 9.25. The third kappa shape index (κ3) is 2.51. The molecule has 2 bridgehead atoms. The Hall–Kier alpha value is -1.47. The highest BCUT2D eigenvalue weighted by Crippen LogP contribution is 2.62. The molecule has 1 N–H and O–H groups in total. The van der Waals surface area contributed by atoms with Gasteiger partial charge in [0.25, 0.3) is 0 Å². The lowest BCUT2D eigenvalue weighted by Crippen LogP contribution is -2.69. The van der Waals surface area contributed by atoms with Gasteiger partial charge in [-0.1, -0.05) is 26.0 Å². The maximum absolute atomic E-state index is 11.2. The Kier molecular flexibility index (Phi) is 4.15. The standard InChI is InChI=1S/C22H28O6/c1-12-4-9-17-13(2)18(14-5-7-15(8-6-14)19(23)24)25-20-22(17)16(12)10-11-21(3,26-20)27-28-22/h5-8,12-13,16-18,20H,4,9-11H2,1-3H3,(H,23,24)/t12-,13-,16+,17+,18+,20-,21+,22-/m1/s1. The highest BCUT2D eigenvalue weighted by Gasteiger charge is 2.69. The Labute approximate surface area is 165 Å². The van der Waals surface area contributed by atoms with E-state index in [1.807, 2.05) is 19.1 Å². The highest BCUT2D eigenvalue weighted by atomic mass is 17.3. The van der Waals surface area contributed by atoms with E-state index >= 15 is 0 Å². The third-order valence-corrected chi connectivity index (χ3v) is 7.64. The van der Waals surface area contributed by atoms with Gasteiger partial charge in [-0.15, -0.1) is 0 Å². The zero-order valence-electron chi connectivity index (χ0n) is 16.6. The number of fused-ring (bicyclic) bond motifs is 2. The maximum Gasteiger partial charge on any atom is 0.335 e. The average molecular weight is 388 g/mol. The monoisotopic (exact) mass is 388 g/mol. The molecule has 6 heteroatoms. The van der Waals surface area contributed by atoms with Crippen molar-refractivity contribution in [3.05, 3.63) is 35.4 Å². The van der Waals surface area contributed by atoms with Gasteiger partial charge in [0, 0.05) is 12.3 Å². The number of benzene rings is 1.